The Balaban J connectivity index is 0.000000573. The van der Waals surface area contributed by atoms with E-state index in [1.165, 1.54) is 6.92 Å². The van der Waals surface area contributed by atoms with Gasteiger partial charge in [-0.15, -0.1) is 0 Å². The Labute approximate surface area is 468 Å². The number of aliphatic imine (C=N–C) groups is 1. The zero-order valence-electron chi connectivity index (χ0n) is 41.9. The molecular formula is C51H34BN5O29. The molecule has 0 aliphatic carbocycles. The quantitative estimate of drug-likeness (QED) is 0.0295. The molecule has 0 amide bonds. The maximum Gasteiger partial charge on any atom is 0.229 e. The van der Waals surface area contributed by atoms with Gasteiger partial charge in [-0.25, -0.2) is 0 Å². The highest BCUT2D eigenvalue weighted by Gasteiger charge is 2.39. The van der Waals surface area contributed by atoms with Crippen LogP contribution in [0.2, 0.25) is 0 Å². The van der Waals surface area contributed by atoms with Crippen LogP contribution in [0.3, 0.4) is 0 Å². The van der Waals surface area contributed by atoms with E-state index >= 15 is 0 Å². The van der Waals surface area contributed by atoms with Crippen LogP contribution in [0.25, 0.3) is 92.8 Å². The van der Waals surface area contributed by atoms with Gasteiger partial charge in [-0.2, -0.15) is 4.99 Å². The van der Waals surface area contributed by atoms with Gasteiger partial charge in [-0.3, -0.25) is 14.5 Å². The average molecular weight is 1190 g/mol. The van der Waals surface area contributed by atoms with Gasteiger partial charge in [0.2, 0.25) is 86.5 Å². The minimum absolute atomic E-state index is 0.0946. The second-order valence-electron chi connectivity index (χ2n) is 18.9. The Morgan fingerprint density at radius 3 is 1.13 bits per heavy atom. The van der Waals surface area contributed by atoms with Crippen molar-refractivity contribution in [1.82, 2.24) is 9.13 Å². The molecule has 31 N–H and O–H groups in total. The number of aromatic nitrogens is 2. The number of fused-ring (bicyclic) bond motifs is 10. The van der Waals surface area contributed by atoms with Crippen LogP contribution >= 0.6 is 0 Å². The number of phenolic OH excluding ortho intramolecular Hbond substituents is 28. The second kappa shape index (κ2) is 17.1. The molecule has 0 fully saturated rings. The molecule has 0 saturated heterocycles. The number of furan rings is 1. The van der Waals surface area contributed by atoms with Gasteiger partial charge >= 0.3 is 0 Å². The predicted octanol–water partition coefficient (Wildman–Crippen LogP) is 3.27. The number of rotatable bonds is 2. The summed E-state index contributed by atoms with van der Waals surface area (Å²) in [5, 5.41) is 302. The Hall–Kier alpha value is -13.2. The van der Waals surface area contributed by atoms with Crippen LogP contribution in [-0.2, 0) is 0 Å². The van der Waals surface area contributed by atoms with Crippen LogP contribution in [0.4, 0.5) is 0 Å². The highest BCUT2D eigenvalue weighted by atomic mass is 16.4. The molecular weight excluding hydrogens is 1160 g/mol. The summed E-state index contributed by atoms with van der Waals surface area (Å²) < 4.78 is 6.05. The molecule has 0 aliphatic rings. The summed E-state index contributed by atoms with van der Waals surface area (Å²) in [6.07, 6.45) is 0. The van der Waals surface area contributed by atoms with Crippen LogP contribution in [0.1, 0.15) is 11.1 Å². The Bertz CT molecular complexity index is 5140. The lowest BCUT2D eigenvalue weighted by molar-refractivity contribution is 0.325. The lowest BCUT2D eigenvalue weighted by Gasteiger charge is -2.18. The number of nitrogens with zero attached hydrogens (tertiary/aromatic N) is 3. The Morgan fingerprint density at radius 2 is 0.663 bits per heavy atom. The monoisotopic (exact) mass is 1190 g/mol. The second-order valence-corrected chi connectivity index (χ2v) is 18.9. The molecule has 9 aromatic carbocycles. The van der Waals surface area contributed by atoms with Crippen molar-refractivity contribution < 1.29 is 147 Å². The van der Waals surface area contributed by atoms with Crippen LogP contribution in [0, 0.1) is 12.3 Å². The van der Waals surface area contributed by atoms with Gasteiger partial charge in [-0.1, -0.05) is 0 Å². The van der Waals surface area contributed by atoms with E-state index in [2.05, 4.69) is 4.99 Å². The van der Waals surface area contributed by atoms with Crippen molar-refractivity contribution in [2.24, 2.45) is 10.7 Å². The summed E-state index contributed by atoms with van der Waals surface area (Å²) in [6, 6.07) is 0. The van der Waals surface area contributed by atoms with E-state index in [4.69, 9.17) is 43.5 Å². The van der Waals surface area contributed by atoms with Gasteiger partial charge in [-0.05, 0) is 12.4 Å². The van der Waals surface area contributed by atoms with Crippen molar-refractivity contribution >= 4 is 112 Å². The number of nitrogens with two attached hydrogens (primary N) is 1. The Kier molecular flexibility index (Phi) is 10.9. The van der Waals surface area contributed by atoms with E-state index in [-0.39, 0.29) is 10.1 Å². The molecule has 0 spiro atoms. The Morgan fingerprint density at radius 1 is 0.337 bits per heavy atom. The molecule has 3 aromatic heterocycles. The molecule has 2 radical (unpaired) electrons. The van der Waals surface area contributed by atoms with E-state index in [1.807, 2.05) is 0 Å². The molecule has 0 aliphatic heterocycles. The first-order chi connectivity index (χ1) is 40.1. The third-order valence-corrected chi connectivity index (χ3v) is 14.6. The molecule has 0 unspecified atom stereocenters. The molecule has 86 heavy (non-hydrogen) atoms. The van der Waals surface area contributed by atoms with Crippen molar-refractivity contribution in [2.45, 2.75) is 6.92 Å². The number of phenols is 28. The smallest absolute Gasteiger partial charge is 0.229 e. The fourth-order valence-electron chi connectivity index (χ4n) is 10.6. The fraction of sp³-hybridized carbons (Fsp3) is 0.0196. The van der Waals surface area contributed by atoms with Gasteiger partial charge in [0.05, 0.1) is 27.2 Å². The van der Waals surface area contributed by atoms with Crippen LogP contribution < -0.4 is 11.2 Å². The zero-order valence-corrected chi connectivity index (χ0v) is 41.9. The molecule has 3 heterocycles. The zero-order chi connectivity index (χ0) is 63.4. The molecule has 0 saturated carbocycles. The van der Waals surface area contributed by atoms with E-state index < -0.39 is 277 Å². The summed E-state index contributed by atoms with van der Waals surface area (Å²) in [6.45, 7) is 1.28. The molecule has 440 valence electrons. The molecule has 12 aromatic rings. The number of nitrogens with one attached hydrogen (secondary N) is 1. The first kappa shape index (κ1) is 54.7. The largest absolute Gasteiger partial charge is 0.508 e. The summed E-state index contributed by atoms with van der Waals surface area (Å²) >= 11 is 0. The standard InChI is InChI=1S/C44H26BN5O24.C7H8O5/c45-12-7-8-15(26(59)34(67)30(63)23(8)56)49(17-28(61)36(69)38(71)37(70)29(17)62)13(7)14-9(19(12)52)10-16(27(60)35(68)31(64)24(10)57)50(14)44(47)48-43(46)11-18(51)1-2(20(53)25(11)58)4-6-5-3(1)21(54)32(65)39(72)41(5)74-42(6)40(73)33(66)22(4)55;1-2-3(8)5(10)7(12)6(11)4(2)9/h51-73H,(H3,46,47,48);8-12H,1H3. The SMILES string of the molecule is Cc1c(O)c(O)c(O)c(O)c1O.[B]c1c(O)c2c3c(O)c(O)c(O)c(O)c3n(C(=N)/N=C(\N)c3c(O)c(O)c4c(c3O)c3c(O)c(O)c(O)c5oc6c(O)c(O)c(O)c4c6c53)c2c2c1c1c(O)c(O)c(O)c(O)c1n2-c1c(O)c(O)c(O)c(O)c1O. The van der Waals surface area contributed by atoms with Crippen molar-refractivity contribution in [3.63, 3.8) is 0 Å². The van der Waals surface area contributed by atoms with Gasteiger partial charge in [0.1, 0.15) is 47.5 Å². The van der Waals surface area contributed by atoms with Crippen molar-refractivity contribution in [3.05, 3.63) is 11.1 Å². The van der Waals surface area contributed by atoms with E-state index in [0.717, 1.165) is 0 Å². The number of hydrogen-bond acceptors (Lipinski definition) is 30. The summed E-state index contributed by atoms with van der Waals surface area (Å²) in [5.41, 5.74) is -3.07. The average Bonchev–Trinajstić information content (AvgIpc) is 1.43. The molecule has 34 nitrogen and oxygen atoms in total. The highest BCUT2D eigenvalue weighted by molar-refractivity contribution is 6.49. The van der Waals surface area contributed by atoms with Crippen molar-refractivity contribution in [1.29, 1.82) is 5.41 Å². The molecule has 0 bridgehead atoms. The first-order valence-electron chi connectivity index (χ1n) is 23.3. The molecule has 35 heteroatoms. The summed E-state index contributed by atoms with van der Waals surface area (Å²) in [7, 11) is 6.42. The van der Waals surface area contributed by atoms with E-state index in [1.54, 1.807) is 0 Å². The van der Waals surface area contributed by atoms with Gasteiger partial charge in [0.25, 0.3) is 0 Å². The third-order valence-electron chi connectivity index (χ3n) is 14.6. The fourth-order valence-corrected chi connectivity index (χ4v) is 10.6. The van der Waals surface area contributed by atoms with Crippen LogP contribution in [0.15, 0.2) is 9.41 Å². The normalized spacial score (nSPS) is 12.1. The van der Waals surface area contributed by atoms with E-state index in [9.17, 15) is 123 Å². The highest BCUT2D eigenvalue weighted by Crippen LogP contribution is 2.64. The van der Waals surface area contributed by atoms with Gasteiger partial charge in [0.15, 0.2) is 80.2 Å². The summed E-state index contributed by atoms with van der Waals surface area (Å²) in [5.74, 6) is -40.1. The topological polar surface area (TPSA) is 652 Å². The lowest BCUT2D eigenvalue weighted by Crippen LogP contribution is -2.19. The van der Waals surface area contributed by atoms with Crippen molar-refractivity contribution in [3.8, 4) is 167 Å². The van der Waals surface area contributed by atoms with Gasteiger partial charge in [0, 0.05) is 43.3 Å². The summed E-state index contributed by atoms with van der Waals surface area (Å²) in [4.78, 5) is 3.86. The number of aromatic hydroxyl groups is 28. The van der Waals surface area contributed by atoms with Gasteiger partial charge < -0.3 is 153 Å². The number of benzene rings is 9. The predicted molar refractivity (Wildman–Crippen MR) is 291 cm³/mol. The number of amidine groups is 1. The minimum Gasteiger partial charge on any atom is -0.508 e. The maximum atomic E-state index is 12.1. The third kappa shape index (κ3) is 6.25. The molecule has 0 atom stereocenters. The van der Waals surface area contributed by atoms with E-state index in [0.29, 0.717) is 4.57 Å². The minimum atomic E-state index is -1.62. The maximum absolute atomic E-state index is 12.1. The van der Waals surface area contributed by atoms with Crippen molar-refractivity contribution in [2.75, 3.05) is 0 Å². The lowest BCUT2D eigenvalue weighted by atomic mass is 9.87. The van der Waals surface area contributed by atoms with Crippen LogP contribution in [-0.4, -0.2) is 172 Å². The first-order valence-corrected chi connectivity index (χ1v) is 23.3. The van der Waals surface area contributed by atoms with Crippen LogP contribution in [0.5, 0.6) is 161 Å². The number of hydrogen-bond donors (Lipinski definition) is 30. The molecule has 12 rings (SSSR count).